The van der Waals surface area contributed by atoms with E-state index in [2.05, 4.69) is 15.9 Å². The molecule has 16 heavy (non-hydrogen) atoms. The first kappa shape index (κ1) is 11.3. The number of hydrogen-bond donors (Lipinski definition) is 1. The Balaban J connectivity index is 2.18. The number of benzene rings is 1. The average molecular weight is 283 g/mol. The number of hydrogen-bond acceptors (Lipinski definition) is 2. The number of aryl methyl sites for hydroxylation is 1. The molecule has 4 heteroatoms. The lowest BCUT2D eigenvalue weighted by Crippen LogP contribution is -2.05. The summed E-state index contributed by atoms with van der Waals surface area (Å²) < 4.78 is 0. The molecule has 0 radical (unpaired) electrons. The zero-order valence-corrected chi connectivity index (χ0v) is 10.2. The topological polar surface area (TPSA) is 54.4 Å². The molecule has 0 heterocycles. The number of alkyl halides is 1. The minimum absolute atomic E-state index is 0.114. The Kier molecular flexibility index (Phi) is 3.10. The third kappa shape index (κ3) is 2.16. The van der Waals surface area contributed by atoms with E-state index in [1.165, 1.54) is 0 Å². The van der Waals surface area contributed by atoms with E-state index < -0.39 is 5.97 Å². The van der Waals surface area contributed by atoms with Crippen molar-refractivity contribution in [2.45, 2.75) is 24.1 Å². The number of fused-ring (bicyclic) bond motifs is 1. The molecular formula is C12H11BrO3. The van der Waals surface area contributed by atoms with Gasteiger partial charge in [0.25, 0.3) is 0 Å². The molecule has 1 aliphatic rings. The number of carboxylic acids is 1. The van der Waals surface area contributed by atoms with Gasteiger partial charge in [-0.15, -0.1) is 0 Å². The summed E-state index contributed by atoms with van der Waals surface area (Å²) in [6.07, 6.45) is 1.35. The van der Waals surface area contributed by atoms with Crippen LogP contribution in [0.15, 0.2) is 18.2 Å². The maximum atomic E-state index is 11.6. The predicted molar refractivity (Wildman–Crippen MR) is 63.1 cm³/mol. The Hall–Kier alpha value is -1.16. The fourth-order valence-corrected chi connectivity index (χ4v) is 2.51. The summed E-state index contributed by atoms with van der Waals surface area (Å²) in [6, 6.07) is 5.58. The van der Waals surface area contributed by atoms with E-state index in [1.54, 1.807) is 6.07 Å². The van der Waals surface area contributed by atoms with Crippen molar-refractivity contribution in [3.05, 3.63) is 34.9 Å². The molecule has 1 aliphatic carbocycles. The molecule has 1 N–H and O–H groups in total. The summed E-state index contributed by atoms with van der Waals surface area (Å²) in [5.74, 6) is -0.672. The fourth-order valence-electron chi connectivity index (χ4n) is 1.92. The van der Waals surface area contributed by atoms with Gasteiger partial charge in [-0.25, -0.2) is 0 Å². The summed E-state index contributed by atoms with van der Waals surface area (Å²) >= 11 is 3.33. The molecule has 0 amide bonds. The van der Waals surface area contributed by atoms with Crippen LogP contribution in [0.5, 0.6) is 0 Å². The van der Waals surface area contributed by atoms with Crippen LogP contribution in [0.2, 0.25) is 0 Å². The van der Waals surface area contributed by atoms with E-state index in [9.17, 15) is 9.59 Å². The van der Waals surface area contributed by atoms with E-state index in [1.807, 2.05) is 12.1 Å². The van der Waals surface area contributed by atoms with Crippen molar-refractivity contribution in [3.63, 3.8) is 0 Å². The van der Waals surface area contributed by atoms with Gasteiger partial charge in [0, 0.05) is 12.0 Å². The summed E-state index contributed by atoms with van der Waals surface area (Å²) in [4.78, 5) is 22.0. The SMILES string of the molecule is O=C(O)CCc1ccc2c(c1)CC(Br)C2=O. The first-order valence-corrected chi connectivity index (χ1v) is 6.01. The van der Waals surface area contributed by atoms with Gasteiger partial charge in [-0.05, 0) is 24.0 Å². The lowest BCUT2D eigenvalue weighted by molar-refractivity contribution is -0.136. The van der Waals surface area contributed by atoms with Gasteiger partial charge in [0.2, 0.25) is 0 Å². The molecule has 0 spiro atoms. The molecule has 0 fully saturated rings. The van der Waals surface area contributed by atoms with Gasteiger partial charge in [-0.1, -0.05) is 34.1 Å². The van der Waals surface area contributed by atoms with Crippen molar-refractivity contribution in [1.82, 2.24) is 0 Å². The highest BCUT2D eigenvalue weighted by Gasteiger charge is 2.28. The number of carbonyl (C=O) groups is 2. The second-order valence-corrected chi connectivity index (χ2v) is 5.03. The largest absolute Gasteiger partial charge is 0.481 e. The zero-order chi connectivity index (χ0) is 11.7. The molecule has 0 bridgehead atoms. The Morgan fingerprint density at radius 2 is 2.25 bits per heavy atom. The minimum atomic E-state index is -0.796. The molecule has 1 aromatic carbocycles. The molecular weight excluding hydrogens is 272 g/mol. The van der Waals surface area contributed by atoms with Crippen LogP contribution in [0.25, 0.3) is 0 Å². The second-order valence-electron chi connectivity index (χ2n) is 3.92. The number of carboxylic acid groups (broad SMARTS) is 1. The highest BCUT2D eigenvalue weighted by atomic mass is 79.9. The number of aliphatic carboxylic acids is 1. The third-order valence-electron chi connectivity index (χ3n) is 2.75. The van der Waals surface area contributed by atoms with E-state index in [0.717, 1.165) is 16.7 Å². The lowest BCUT2D eigenvalue weighted by atomic mass is 10.0. The number of ketones is 1. The molecule has 1 unspecified atom stereocenters. The van der Waals surface area contributed by atoms with E-state index in [4.69, 9.17) is 5.11 Å². The Bertz CT molecular complexity index is 454. The highest BCUT2D eigenvalue weighted by Crippen LogP contribution is 2.27. The van der Waals surface area contributed by atoms with Crippen LogP contribution in [0, 0.1) is 0 Å². The molecule has 2 rings (SSSR count). The third-order valence-corrected chi connectivity index (χ3v) is 3.49. The molecule has 0 aliphatic heterocycles. The summed E-state index contributed by atoms with van der Waals surface area (Å²) in [5, 5.41) is 8.59. The minimum Gasteiger partial charge on any atom is -0.481 e. The standard InChI is InChI=1S/C12H11BrO3/c13-10-6-8-5-7(2-4-11(14)15)1-3-9(8)12(10)16/h1,3,5,10H,2,4,6H2,(H,14,15). The van der Waals surface area contributed by atoms with Gasteiger partial charge in [0.05, 0.1) is 4.83 Å². The van der Waals surface area contributed by atoms with Crippen LogP contribution < -0.4 is 0 Å². The van der Waals surface area contributed by atoms with E-state index in [-0.39, 0.29) is 17.0 Å². The van der Waals surface area contributed by atoms with Crippen LogP contribution >= 0.6 is 15.9 Å². The van der Waals surface area contributed by atoms with Gasteiger partial charge in [0.1, 0.15) is 0 Å². The van der Waals surface area contributed by atoms with Crippen LogP contribution in [0.3, 0.4) is 0 Å². The first-order chi connectivity index (χ1) is 7.58. The quantitative estimate of drug-likeness (QED) is 0.865. The van der Waals surface area contributed by atoms with Crippen LogP contribution in [-0.4, -0.2) is 21.7 Å². The number of rotatable bonds is 3. The Morgan fingerprint density at radius 1 is 1.50 bits per heavy atom. The van der Waals surface area contributed by atoms with Gasteiger partial charge >= 0.3 is 5.97 Å². The molecule has 3 nitrogen and oxygen atoms in total. The highest BCUT2D eigenvalue weighted by molar-refractivity contribution is 9.10. The Morgan fingerprint density at radius 3 is 2.94 bits per heavy atom. The average Bonchev–Trinajstić information content (AvgIpc) is 2.52. The van der Waals surface area contributed by atoms with E-state index >= 15 is 0 Å². The van der Waals surface area contributed by atoms with Gasteiger partial charge in [-0.2, -0.15) is 0 Å². The molecule has 0 saturated carbocycles. The molecule has 0 aromatic heterocycles. The predicted octanol–water partition coefficient (Wildman–Crippen LogP) is 2.21. The number of carbonyl (C=O) groups excluding carboxylic acids is 1. The monoisotopic (exact) mass is 282 g/mol. The maximum absolute atomic E-state index is 11.6. The van der Waals surface area contributed by atoms with Crippen molar-refractivity contribution >= 4 is 27.7 Å². The van der Waals surface area contributed by atoms with Crippen molar-refractivity contribution in [2.24, 2.45) is 0 Å². The van der Waals surface area contributed by atoms with Crippen LogP contribution in [-0.2, 0) is 17.6 Å². The Labute approximate surface area is 102 Å². The number of Topliss-reactive ketones (excluding diaryl/α,β-unsaturated/α-hetero) is 1. The normalized spacial score (nSPS) is 18.6. The molecule has 1 atom stereocenters. The summed E-state index contributed by atoms with van der Waals surface area (Å²) in [5.41, 5.74) is 2.77. The zero-order valence-electron chi connectivity index (χ0n) is 8.57. The maximum Gasteiger partial charge on any atom is 0.303 e. The second kappa shape index (κ2) is 4.37. The molecule has 0 saturated heterocycles. The van der Waals surface area contributed by atoms with Gasteiger partial charge in [0.15, 0.2) is 5.78 Å². The molecule has 1 aromatic rings. The van der Waals surface area contributed by atoms with Crippen LogP contribution in [0.4, 0.5) is 0 Å². The summed E-state index contributed by atoms with van der Waals surface area (Å²) in [6.45, 7) is 0. The lowest BCUT2D eigenvalue weighted by Gasteiger charge is -2.02. The van der Waals surface area contributed by atoms with Crippen molar-refractivity contribution < 1.29 is 14.7 Å². The van der Waals surface area contributed by atoms with Crippen molar-refractivity contribution in [3.8, 4) is 0 Å². The first-order valence-electron chi connectivity index (χ1n) is 5.10. The summed E-state index contributed by atoms with van der Waals surface area (Å²) in [7, 11) is 0. The van der Waals surface area contributed by atoms with Gasteiger partial charge in [-0.3, -0.25) is 9.59 Å². The van der Waals surface area contributed by atoms with Crippen molar-refractivity contribution in [1.29, 1.82) is 0 Å². The number of halogens is 1. The smallest absolute Gasteiger partial charge is 0.303 e. The fraction of sp³-hybridized carbons (Fsp3) is 0.333. The van der Waals surface area contributed by atoms with Gasteiger partial charge < -0.3 is 5.11 Å². The van der Waals surface area contributed by atoms with Crippen molar-refractivity contribution in [2.75, 3.05) is 0 Å². The van der Waals surface area contributed by atoms with Crippen LogP contribution in [0.1, 0.15) is 27.9 Å². The molecule has 84 valence electrons. The van der Waals surface area contributed by atoms with E-state index in [0.29, 0.717) is 12.8 Å².